The van der Waals surface area contributed by atoms with Gasteiger partial charge in [-0.1, -0.05) is 35.9 Å². The number of hydrogen-bond donors (Lipinski definition) is 0. The average molecular weight is 385 g/mol. The van der Waals surface area contributed by atoms with Crippen molar-refractivity contribution in [1.29, 1.82) is 0 Å². The highest BCUT2D eigenvalue weighted by atomic mass is 35.5. The van der Waals surface area contributed by atoms with E-state index in [4.69, 9.17) is 11.6 Å². The van der Waals surface area contributed by atoms with E-state index in [9.17, 15) is 9.59 Å². The Balaban J connectivity index is 1.80. The largest absolute Gasteiger partial charge is 0.310 e. The van der Waals surface area contributed by atoms with Crippen LogP contribution in [0, 0.1) is 13.8 Å². The quantitative estimate of drug-likeness (QED) is 0.768. The lowest BCUT2D eigenvalue weighted by atomic mass is 10.1. The van der Waals surface area contributed by atoms with E-state index in [2.05, 4.69) is 13.0 Å². The normalized spacial score (nSPS) is 15.6. The lowest BCUT2D eigenvalue weighted by molar-refractivity contribution is -0.119. The smallest absolute Gasteiger partial charge is 0.229 e. The lowest BCUT2D eigenvalue weighted by Gasteiger charge is -2.27. The van der Waals surface area contributed by atoms with Crippen molar-refractivity contribution < 1.29 is 9.59 Å². The summed E-state index contributed by atoms with van der Waals surface area (Å²) in [6.07, 6.45) is 1.11. The topological polar surface area (TPSA) is 40.6 Å². The van der Waals surface area contributed by atoms with Crippen LogP contribution in [0.4, 0.5) is 11.4 Å². The Bertz CT molecular complexity index is 871. The summed E-state index contributed by atoms with van der Waals surface area (Å²) in [6, 6.07) is 12.0. The van der Waals surface area contributed by atoms with Crippen LogP contribution in [0.1, 0.15) is 37.0 Å². The number of rotatable bonds is 4. The third-order valence-electron chi connectivity index (χ3n) is 5.07. The summed E-state index contributed by atoms with van der Waals surface area (Å²) in [5.41, 5.74) is 4.84. The molecule has 2 amide bonds. The van der Waals surface area contributed by atoms with Gasteiger partial charge in [-0.3, -0.25) is 9.59 Å². The third kappa shape index (κ3) is 3.86. The van der Waals surface area contributed by atoms with Crippen molar-refractivity contribution in [2.45, 2.75) is 46.6 Å². The van der Waals surface area contributed by atoms with E-state index in [-0.39, 0.29) is 24.3 Å². The molecule has 0 radical (unpaired) electrons. The zero-order valence-electron chi connectivity index (χ0n) is 16.3. The van der Waals surface area contributed by atoms with Gasteiger partial charge >= 0.3 is 0 Å². The first-order valence-corrected chi connectivity index (χ1v) is 9.62. The van der Waals surface area contributed by atoms with Crippen LogP contribution in [0.25, 0.3) is 0 Å². The Morgan fingerprint density at radius 1 is 1.22 bits per heavy atom. The number of halogens is 1. The monoisotopic (exact) mass is 384 g/mol. The summed E-state index contributed by atoms with van der Waals surface area (Å²) in [4.78, 5) is 28.7. The molecule has 27 heavy (non-hydrogen) atoms. The number of carbonyl (C=O) groups excluding carboxylic acids is 2. The molecule has 1 unspecified atom stereocenters. The molecule has 0 aliphatic carbocycles. The van der Waals surface area contributed by atoms with Crippen LogP contribution >= 0.6 is 11.6 Å². The summed E-state index contributed by atoms with van der Waals surface area (Å²) in [5.74, 6) is -0.0916. The van der Waals surface area contributed by atoms with Crippen molar-refractivity contribution in [3.8, 4) is 0 Å². The van der Waals surface area contributed by atoms with Gasteiger partial charge in [-0.15, -0.1) is 0 Å². The van der Waals surface area contributed by atoms with Crippen molar-refractivity contribution in [3.63, 3.8) is 0 Å². The zero-order valence-corrected chi connectivity index (χ0v) is 17.0. The van der Waals surface area contributed by atoms with E-state index in [1.165, 1.54) is 12.5 Å². The van der Waals surface area contributed by atoms with E-state index in [0.717, 1.165) is 23.2 Å². The standard InChI is InChI=1S/C22H25ClN2O2/c1-14-11-15(2)22(19(23)12-14)24(17(4)26)10-9-21(27)25-16(3)13-18-7-5-6-8-20(18)25/h5-8,11-12,16H,9-10,13H2,1-4H3. The molecular weight excluding hydrogens is 360 g/mol. The van der Waals surface area contributed by atoms with Gasteiger partial charge in [-0.05, 0) is 56.0 Å². The minimum Gasteiger partial charge on any atom is -0.310 e. The van der Waals surface area contributed by atoms with E-state index >= 15 is 0 Å². The van der Waals surface area contributed by atoms with Gasteiger partial charge in [0.2, 0.25) is 11.8 Å². The number of fused-ring (bicyclic) bond motifs is 1. The highest BCUT2D eigenvalue weighted by Gasteiger charge is 2.31. The van der Waals surface area contributed by atoms with Gasteiger partial charge in [0.05, 0.1) is 10.7 Å². The Morgan fingerprint density at radius 3 is 2.59 bits per heavy atom. The van der Waals surface area contributed by atoms with Gasteiger partial charge in [-0.25, -0.2) is 0 Å². The molecule has 1 aliphatic rings. The first-order valence-electron chi connectivity index (χ1n) is 9.24. The summed E-state index contributed by atoms with van der Waals surface area (Å²) in [5, 5.41) is 0.537. The predicted octanol–water partition coefficient (Wildman–Crippen LogP) is 4.68. The van der Waals surface area contributed by atoms with Crippen molar-refractivity contribution in [3.05, 3.63) is 58.1 Å². The molecule has 0 bridgehead atoms. The number of anilines is 2. The van der Waals surface area contributed by atoms with Crippen molar-refractivity contribution >= 4 is 34.8 Å². The van der Waals surface area contributed by atoms with Crippen LogP contribution in [0.5, 0.6) is 0 Å². The van der Waals surface area contributed by atoms with Crippen LogP contribution in [-0.4, -0.2) is 24.4 Å². The SMILES string of the molecule is CC(=O)N(CCC(=O)N1c2ccccc2CC1C)c1c(C)cc(C)cc1Cl. The molecule has 0 aromatic heterocycles. The first kappa shape index (κ1) is 19.4. The number of hydrogen-bond acceptors (Lipinski definition) is 2. The van der Waals surface area contributed by atoms with E-state index in [1.807, 2.05) is 49.1 Å². The second kappa shape index (κ2) is 7.73. The Hall–Kier alpha value is -2.33. The molecule has 1 aliphatic heterocycles. The van der Waals surface area contributed by atoms with Gasteiger partial charge in [0.25, 0.3) is 0 Å². The van der Waals surface area contributed by atoms with Gasteiger partial charge in [0.15, 0.2) is 0 Å². The molecule has 0 fully saturated rings. The fourth-order valence-corrected chi connectivity index (χ4v) is 4.37. The fraction of sp³-hybridized carbons (Fsp3) is 0.364. The number of aryl methyl sites for hydroxylation is 2. The number of nitrogens with zero attached hydrogens (tertiary/aromatic N) is 2. The minimum absolute atomic E-state index is 0.0274. The van der Waals surface area contributed by atoms with Gasteiger partial charge < -0.3 is 9.80 Å². The number of amides is 2. The van der Waals surface area contributed by atoms with Gasteiger partial charge in [0, 0.05) is 31.6 Å². The van der Waals surface area contributed by atoms with Crippen LogP contribution in [0.15, 0.2) is 36.4 Å². The van der Waals surface area contributed by atoms with Crippen molar-refractivity contribution in [2.24, 2.45) is 0 Å². The summed E-state index contributed by atoms with van der Waals surface area (Å²) in [6.45, 7) is 7.78. The number of para-hydroxylation sites is 1. The molecule has 2 aromatic carbocycles. The van der Waals surface area contributed by atoms with Crippen molar-refractivity contribution in [2.75, 3.05) is 16.3 Å². The van der Waals surface area contributed by atoms with Gasteiger partial charge in [0.1, 0.15) is 0 Å². The molecule has 0 N–H and O–H groups in total. The Kier molecular flexibility index (Phi) is 5.56. The van der Waals surface area contributed by atoms with E-state index in [1.54, 1.807) is 4.90 Å². The average Bonchev–Trinajstić information content (AvgIpc) is 2.92. The molecule has 5 heteroatoms. The highest BCUT2D eigenvalue weighted by Crippen LogP contribution is 2.34. The van der Waals surface area contributed by atoms with Crippen molar-refractivity contribution in [1.82, 2.24) is 0 Å². The van der Waals surface area contributed by atoms with Crippen LogP contribution < -0.4 is 9.80 Å². The second-order valence-corrected chi connectivity index (χ2v) is 7.69. The van der Waals surface area contributed by atoms with Crippen LogP contribution in [0.2, 0.25) is 5.02 Å². The summed E-state index contributed by atoms with van der Waals surface area (Å²) in [7, 11) is 0. The minimum atomic E-state index is -0.119. The Labute approximate surface area is 165 Å². The summed E-state index contributed by atoms with van der Waals surface area (Å²) < 4.78 is 0. The molecular formula is C22H25ClN2O2. The van der Waals surface area contributed by atoms with Crippen LogP contribution in [-0.2, 0) is 16.0 Å². The molecule has 3 rings (SSSR count). The number of carbonyl (C=O) groups is 2. The molecule has 0 saturated carbocycles. The van der Waals surface area contributed by atoms with Gasteiger partial charge in [-0.2, -0.15) is 0 Å². The maximum Gasteiger partial charge on any atom is 0.229 e. The molecule has 1 atom stereocenters. The second-order valence-electron chi connectivity index (χ2n) is 7.28. The lowest BCUT2D eigenvalue weighted by Crippen LogP contribution is -2.39. The Morgan fingerprint density at radius 2 is 1.93 bits per heavy atom. The molecule has 4 nitrogen and oxygen atoms in total. The van der Waals surface area contributed by atoms with E-state index in [0.29, 0.717) is 17.3 Å². The zero-order chi connectivity index (χ0) is 19.7. The first-order chi connectivity index (χ1) is 12.8. The predicted molar refractivity (Wildman–Crippen MR) is 111 cm³/mol. The highest BCUT2D eigenvalue weighted by molar-refractivity contribution is 6.34. The number of benzene rings is 2. The molecule has 142 valence electrons. The maximum atomic E-state index is 13.0. The summed E-state index contributed by atoms with van der Waals surface area (Å²) >= 11 is 6.42. The molecule has 0 saturated heterocycles. The fourth-order valence-electron chi connectivity index (χ4n) is 3.95. The molecule has 2 aromatic rings. The molecule has 0 spiro atoms. The van der Waals surface area contributed by atoms with E-state index < -0.39 is 0 Å². The maximum absolute atomic E-state index is 13.0. The molecule has 1 heterocycles. The van der Waals surface area contributed by atoms with Crippen LogP contribution in [0.3, 0.4) is 0 Å². The third-order valence-corrected chi connectivity index (χ3v) is 5.36.